The fraction of sp³-hybridized carbons (Fsp3) is 0.286. The molecule has 6 nitrogen and oxygen atoms in total. The minimum Gasteiger partial charge on any atom is -0.485 e. The van der Waals surface area contributed by atoms with Gasteiger partial charge in [-0.05, 0) is 56.3 Å². The maximum absolute atomic E-state index is 13.3. The van der Waals surface area contributed by atoms with Crippen molar-refractivity contribution in [2.45, 2.75) is 38.5 Å². The first kappa shape index (κ1) is 19.5. The lowest BCUT2D eigenvalue weighted by Crippen LogP contribution is -2.49. The SMILES string of the molecule is CC(=O)NC(=N[C@@H]1c2cc(C#N)ccc2OC(C)(C)[C@H]1O)c1ccc(F)cc1. The Morgan fingerprint density at radius 2 is 1.96 bits per heavy atom. The molecule has 0 fully saturated rings. The van der Waals surface area contributed by atoms with E-state index in [-0.39, 0.29) is 11.7 Å². The van der Waals surface area contributed by atoms with Crippen LogP contribution in [0.1, 0.15) is 43.5 Å². The number of ether oxygens (including phenoxy) is 1. The normalized spacial score (nSPS) is 20.5. The van der Waals surface area contributed by atoms with Crippen LogP contribution in [0.5, 0.6) is 5.75 Å². The van der Waals surface area contributed by atoms with Gasteiger partial charge in [0, 0.05) is 18.1 Å². The molecule has 7 heteroatoms. The molecule has 0 aliphatic carbocycles. The van der Waals surface area contributed by atoms with E-state index < -0.39 is 23.6 Å². The van der Waals surface area contributed by atoms with Gasteiger partial charge in [-0.2, -0.15) is 5.26 Å². The van der Waals surface area contributed by atoms with Gasteiger partial charge < -0.3 is 15.2 Å². The number of amidine groups is 1. The van der Waals surface area contributed by atoms with E-state index >= 15 is 0 Å². The molecule has 1 aliphatic rings. The van der Waals surface area contributed by atoms with Crippen LogP contribution in [0.3, 0.4) is 0 Å². The molecule has 2 N–H and O–H groups in total. The Balaban J connectivity index is 2.16. The number of amides is 1. The van der Waals surface area contributed by atoms with Gasteiger partial charge in [-0.15, -0.1) is 0 Å². The van der Waals surface area contributed by atoms with Crippen molar-refractivity contribution < 1.29 is 19.0 Å². The Labute approximate surface area is 162 Å². The highest BCUT2D eigenvalue weighted by molar-refractivity contribution is 6.07. The second-order valence-electron chi connectivity index (χ2n) is 7.13. The van der Waals surface area contributed by atoms with Crippen LogP contribution >= 0.6 is 0 Å². The molecule has 144 valence electrons. The Hall–Kier alpha value is -3.24. The molecule has 2 aromatic carbocycles. The van der Waals surface area contributed by atoms with Crippen LogP contribution in [0.25, 0.3) is 0 Å². The summed E-state index contributed by atoms with van der Waals surface area (Å²) in [7, 11) is 0. The van der Waals surface area contributed by atoms with Gasteiger partial charge >= 0.3 is 0 Å². The number of hydrogen-bond donors (Lipinski definition) is 2. The summed E-state index contributed by atoms with van der Waals surface area (Å²) in [5.74, 6) is -0.0658. The van der Waals surface area contributed by atoms with Crippen LogP contribution in [-0.4, -0.2) is 28.6 Å². The van der Waals surface area contributed by atoms with E-state index in [9.17, 15) is 19.6 Å². The Bertz CT molecular complexity index is 977. The van der Waals surface area contributed by atoms with Crippen molar-refractivity contribution in [1.29, 1.82) is 5.26 Å². The van der Waals surface area contributed by atoms with E-state index in [0.29, 0.717) is 22.4 Å². The maximum atomic E-state index is 13.3. The predicted molar refractivity (Wildman–Crippen MR) is 101 cm³/mol. The van der Waals surface area contributed by atoms with Crippen molar-refractivity contribution in [3.8, 4) is 11.8 Å². The first-order valence-electron chi connectivity index (χ1n) is 8.74. The van der Waals surface area contributed by atoms with E-state index in [2.05, 4.69) is 16.4 Å². The number of nitrogens with zero attached hydrogens (tertiary/aromatic N) is 2. The molecule has 1 heterocycles. The number of aliphatic hydroxyl groups excluding tert-OH is 1. The van der Waals surface area contributed by atoms with Gasteiger partial charge in [0.15, 0.2) is 0 Å². The fourth-order valence-electron chi connectivity index (χ4n) is 3.07. The molecule has 0 unspecified atom stereocenters. The van der Waals surface area contributed by atoms with Crippen LogP contribution in [-0.2, 0) is 4.79 Å². The number of carbonyl (C=O) groups excluding carboxylic acids is 1. The van der Waals surface area contributed by atoms with Crippen LogP contribution < -0.4 is 10.1 Å². The topological polar surface area (TPSA) is 94.7 Å². The van der Waals surface area contributed by atoms with Gasteiger partial charge in [0.2, 0.25) is 5.91 Å². The summed E-state index contributed by atoms with van der Waals surface area (Å²) in [6.45, 7) is 4.81. The molecular weight excluding hydrogens is 361 g/mol. The van der Waals surface area contributed by atoms with Crippen molar-refractivity contribution in [2.75, 3.05) is 0 Å². The molecule has 2 atom stereocenters. The second kappa shape index (κ2) is 7.41. The zero-order valence-corrected chi connectivity index (χ0v) is 15.7. The van der Waals surface area contributed by atoms with E-state index in [1.807, 2.05) is 0 Å². The molecule has 28 heavy (non-hydrogen) atoms. The number of aliphatic imine (C=N–C) groups is 1. The molecule has 0 radical (unpaired) electrons. The van der Waals surface area contributed by atoms with Gasteiger partial charge in [-0.3, -0.25) is 9.79 Å². The lowest BCUT2D eigenvalue weighted by molar-refractivity contribution is -0.117. The molecular formula is C21H20FN3O3. The summed E-state index contributed by atoms with van der Waals surface area (Å²) in [6.07, 6.45) is -1.04. The second-order valence-corrected chi connectivity index (χ2v) is 7.13. The third kappa shape index (κ3) is 3.87. The zero-order chi connectivity index (χ0) is 20.5. The van der Waals surface area contributed by atoms with Crippen LogP contribution in [0.2, 0.25) is 0 Å². The van der Waals surface area contributed by atoms with Crippen LogP contribution in [0.15, 0.2) is 47.5 Å². The average Bonchev–Trinajstić information content (AvgIpc) is 2.64. The van der Waals surface area contributed by atoms with Gasteiger partial charge in [0.25, 0.3) is 0 Å². The molecule has 1 amide bonds. The number of nitriles is 1. The standard InChI is InChI=1S/C21H20FN3O3/c1-12(26)24-20(14-5-7-15(22)8-6-14)25-18-16-10-13(11-23)4-9-17(16)28-21(2,3)19(18)27/h4-10,18-19,27H,1-3H3,(H,24,25,26)/t18-,19+/m1/s1. The molecule has 0 saturated heterocycles. The minimum absolute atomic E-state index is 0.197. The predicted octanol–water partition coefficient (Wildman–Crippen LogP) is 2.85. The quantitative estimate of drug-likeness (QED) is 0.618. The number of fused-ring (bicyclic) bond motifs is 1. The molecule has 2 aromatic rings. The average molecular weight is 381 g/mol. The van der Waals surface area contributed by atoms with E-state index in [4.69, 9.17) is 4.74 Å². The number of rotatable bonds is 2. The van der Waals surface area contributed by atoms with Crippen molar-refractivity contribution in [1.82, 2.24) is 5.32 Å². The zero-order valence-electron chi connectivity index (χ0n) is 15.7. The van der Waals surface area contributed by atoms with E-state index in [0.717, 1.165) is 0 Å². The van der Waals surface area contributed by atoms with Crippen molar-refractivity contribution >= 4 is 11.7 Å². The lowest BCUT2D eigenvalue weighted by atomic mass is 9.86. The highest BCUT2D eigenvalue weighted by Crippen LogP contribution is 2.42. The monoisotopic (exact) mass is 381 g/mol. The van der Waals surface area contributed by atoms with Gasteiger partial charge in [-0.1, -0.05) is 0 Å². The largest absolute Gasteiger partial charge is 0.485 e. The summed E-state index contributed by atoms with van der Waals surface area (Å²) in [5.41, 5.74) is 0.485. The minimum atomic E-state index is -1.04. The number of hydrogen-bond acceptors (Lipinski definition) is 5. The Morgan fingerprint density at radius 1 is 1.29 bits per heavy atom. The van der Waals surface area contributed by atoms with Crippen molar-refractivity contribution in [3.05, 3.63) is 65.0 Å². The molecule has 0 aromatic heterocycles. The van der Waals surface area contributed by atoms with E-state index in [1.165, 1.54) is 31.2 Å². The maximum Gasteiger partial charge on any atom is 0.222 e. The third-order valence-electron chi connectivity index (χ3n) is 4.52. The van der Waals surface area contributed by atoms with Gasteiger partial charge in [0.1, 0.15) is 35.1 Å². The van der Waals surface area contributed by atoms with Crippen LogP contribution in [0, 0.1) is 17.1 Å². The number of benzene rings is 2. The van der Waals surface area contributed by atoms with Gasteiger partial charge in [0.05, 0.1) is 11.6 Å². The number of halogens is 1. The summed E-state index contributed by atoms with van der Waals surface area (Å²) < 4.78 is 19.2. The third-order valence-corrected chi connectivity index (χ3v) is 4.52. The molecule has 0 saturated carbocycles. The Kier molecular flexibility index (Phi) is 5.16. The first-order chi connectivity index (χ1) is 13.2. The lowest BCUT2D eigenvalue weighted by Gasteiger charge is -2.40. The molecule has 0 bridgehead atoms. The number of aliphatic hydroxyl groups is 1. The summed E-state index contributed by atoms with van der Waals surface area (Å²) in [5, 5.41) is 22.8. The van der Waals surface area contributed by atoms with Gasteiger partial charge in [-0.25, -0.2) is 4.39 Å². The summed E-state index contributed by atoms with van der Waals surface area (Å²) in [4.78, 5) is 16.3. The summed E-state index contributed by atoms with van der Waals surface area (Å²) >= 11 is 0. The molecule has 0 spiro atoms. The highest BCUT2D eigenvalue weighted by atomic mass is 19.1. The van der Waals surface area contributed by atoms with Crippen molar-refractivity contribution in [3.63, 3.8) is 0 Å². The fourth-order valence-corrected chi connectivity index (χ4v) is 3.07. The molecule has 1 aliphatic heterocycles. The number of carbonyl (C=O) groups is 1. The number of nitrogens with one attached hydrogen (secondary N) is 1. The van der Waals surface area contributed by atoms with Crippen molar-refractivity contribution in [2.24, 2.45) is 4.99 Å². The van der Waals surface area contributed by atoms with E-state index in [1.54, 1.807) is 32.0 Å². The summed E-state index contributed by atoms with van der Waals surface area (Å²) in [6, 6.07) is 11.7. The van der Waals surface area contributed by atoms with Crippen LogP contribution in [0.4, 0.5) is 4.39 Å². The molecule has 3 rings (SSSR count). The first-order valence-corrected chi connectivity index (χ1v) is 8.74. The smallest absolute Gasteiger partial charge is 0.222 e. The Morgan fingerprint density at radius 3 is 2.57 bits per heavy atom. The highest BCUT2D eigenvalue weighted by Gasteiger charge is 2.43.